The maximum absolute atomic E-state index is 12.4. The fraction of sp³-hybridized carbons (Fsp3) is 0.625. The van der Waals surface area contributed by atoms with Gasteiger partial charge >= 0.3 is 17.9 Å². The van der Waals surface area contributed by atoms with Crippen LogP contribution in [0, 0.1) is 0 Å². The summed E-state index contributed by atoms with van der Waals surface area (Å²) in [6, 6.07) is 0. The lowest BCUT2D eigenvalue weighted by molar-refractivity contribution is -0.287. The molecule has 0 amide bonds. The Morgan fingerprint density at radius 2 is 1.88 bits per heavy atom. The van der Waals surface area contributed by atoms with E-state index in [2.05, 4.69) is 13.6 Å². The Balaban J connectivity index is 2.31. The zero-order valence-corrected chi connectivity index (χ0v) is 8.22. The summed E-state index contributed by atoms with van der Waals surface area (Å²) in [6.07, 6.45) is -6.22. The second-order valence-corrected chi connectivity index (χ2v) is 3.06. The van der Waals surface area contributed by atoms with Crippen molar-refractivity contribution in [3.63, 3.8) is 0 Å². The standard InChI is InChI=1S/C8H7F5O4/c9-7(10,8(11,12)13)1-2-15-3-5-4-16-6(14)17-5/h4H,1-3H2. The number of alkyl halides is 5. The third kappa shape index (κ3) is 3.84. The number of ether oxygens (including phenoxy) is 1. The van der Waals surface area contributed by atoms with Crippen molar-refractivity contribution in [1.82, 2.24) is 0 Å². The second kappa shape index (κ2) is 4.86. The molecule has 0 aliphatic heterocycles. The maximum Gasteiger partial charge on any atom is 0.518 e. The lowest BCUT2D eigenvalue weighted by Crippen LogP contribution is -2.37. The first-order valence-corrected chi connectivity index (χ1v) is 4.32. The molecule has 9 heteroatoms. The molecule has 1 aromatic rings. The molecule has 1 rings (SSSR count). The van der Waals surface area contributed by atoms with E-state index in [4.69, 9.17) is 0 Å². The van der Waals surface area contributed by atoms with Gasteiger partial charge in [-0.25, -0.2) is 4.79 Å². The zero-order chi connectivity index (χ0) is 13.1. The van der Waals surface area contributed by atoms with Crippen LogP contribution in [-0.2, 0) is 11.3 Å². The highest BCUT2D eigenvalue weighted by molar-refractivity contribution is 4.81. The van der Waals surface area contributed by atoms with E-state index in [1.165, 1.54) is 0 Å². The number of rotatable bonds is 5. The normalized spacial score (nSPS) is 13.0. The zero-order valence-electron chi connectivity index (χ0n) is 8.22. The fourth-order valence-corrected chi connectivity index (χ4v) is 0.847. The van der Waals surface area contributed by atoms with E-state index in [9.17, 15) is 26.7 Å². The van der Waals surface area contributed by atoms with Crippen molar-refractivity contribution in [3.8, 4) is 0 Å². The molecule has 4 nitrogen and oxygen atoms in total. The Labute approximate surface area is 91.0 Å². The number of halogens is 5. The minimum absolute atomic E-state index is 0.0923. The lowest BCUT2D eigenvalue weighted by atomic mass is 10.2. The third-order valence-electron chi connectivity index (χ3n) is 1.72. The van der Waals surface area contributed by atoms with Crippen LogP contribution in [0.4, 0.5) is 22.0 Å². The molecule has 0 saturated heterocycles. The van der Waals surface area contributed by atoms with Crippen molar-refractivity contribution in [2.45, 2.75) is 25.1 Å². The van der Waals surface area contributed by atoms with Gasteiger partial charge in [0.15, 0.2) is 5.76 Å². The van der Waals surface area contributed by atoms with Crippen molar-refractivity contribution < 1.29 is 35.5 Å². The quantitative estimate of drug-likeness (QED) is 0.603. The van der Waals surface area contributed by atoms with E-state index in [0.29, 0.717) is 0 Å². The van der Waals surface area contributed by atoms with Gasteiger partial charge in [-0.05, 0) is 0 Å². The summed E-state index contributed by atoms with van der Waals surface area (Å²) < 4.78 is 72.9. The van der Waals surface area contributed by atoms with Crippen LogP contribution < -0.4 is 5.82 Å². The molecule has 0 aliphatic rings. The van der Waals surface area contributed by atoms with Crippen molar-refractivity contribution >= 4 is 0 Å². The minimum Gasteiger partial charge on any atom is -0.399 e. The van der Waals surface area contributed by atoms with E-state index >= 15 is 0 Å². The Morgan fingerprint density at radius 1 is 1.24 bits per heavy atom. The van der Waals surface area contributed by atoms with Gasteiger partial charge in [-0.15, -0.1) is 0 Å². The maximum atomic E-state index is 12.4. The molecule has 0 unspecified atom stereocenters. The molecule has 1 heterocycles. The predicted octanol–water partition coefficient (Wildman–Crippen LogP) is 2.34. The van der Waals surface area contributed by atoms with Crippen LogP contribution in [-0.4, -0.2) is 18.7 Å². The van der Waals surface area contributed by atoms with E-state index in [1.54, 1.807) is 0 Å². The van der Waals surface area contributed by atoms with Crippen LogP contribution in [0.2, 0.25) is 0 Å². The summed E-state index contributed by atoms with van der Waals surface area (Å²) in [4.78, 5) is 10.4. The van der Waals surface area contributed by atoms with Gasteiger partial charge in [0.25, 0.3) is 0 Å². The van der Waals surface area contributed by atoms with Crippen molar-refractivity contribution in [1.29, 1.82) is 0 Å². The average Bonchev–Trinajstić information content (AvgIpc) is 2.57. The molecule has 0 fully saturated rings. The second-order valence-electron chi connectivity index (χ2n) is 3.06. The van der Waals surface area contributed by atoms with Gasteiger partial charge in [0.1, 0.15) is 12.9 Å². The molecule has 0 spiro atoms. The largest absolute Gasteiger partial charge is 0.518 e. The van der Waals surface area contributed by atoms with E-state index < -0.39 is 37.6 Å². The summed E-state index contributed by atoms with van der Waals surface area (Å²) in [5.74, 6) is -5.90. The highest BCUT2D eigenvalue weighted by Crippen LogP contribution is 2.37. The number of hydrogen-bond acceptors (Lipinski definition) is 4. The molecule has 17 heavy (non-hydrogen) atoms. The molecular weight excluding hydrogens is 255 g/mol. The monoisotopic (exact) mass is 262 g/mol. The Kier molecular flexibility index (Phi) is 3.91. The fourth-order valence-electron chi connectivity index (χ4n) is 0.847. The van der Waals surface area contributed by atoms with Crippen LogP contribution in [0.5, 0.6) is 0 Å². The molecular formula is C8H7F5O4. The van der Waals surface area contributed by atoms with Gasteiger partial charge in [0, 0.05) is 6.42 Å². The minimum atomic E-state index is -5.60. The predicted molar refractivity (Wildman–Crippen MR) is 42.5 cm³/mol. The van der Waals surface area contributed by atoms with Crippen LogP contribution in [0.3, 0.4) is 0 Å². The summed E-state index contributed by atoms with van der Waals surface area (Å²) in [6.45, 7) is -1.25. The van der Waals surface area contributed by atoms with Crippen LogP contribution in [0.1, 0.15) is 12.2 Å². The number of hydrogen-bond donors (Lipinski definition) is 0. The van der Waals surface area contributed by atoms with Crippen molar-refractivity contribution in [2.75, 3.05) is 6.61 Å². The summed E-state index contributed by atoms with van der Waals surface area (Å²) in [7, 11) is 0. The van der Waals surface area contributed by atoms with E-state index in [1.807, 2.05) is 0 Å². The molecule has 98 valence electrons. The van der Waals surface area contributed by atoms with Crippen LogP contribution in [0.25, 0.3) is 0 Å². The summed E-state index contributed by atoms with van der Waals surface area (Å²) in [5.41, 5.74) is 0. The van der Waals surface area contributed by atoms with Crippen LogP contribution >= 0.6 is 0 Å². The van der Waals surface area contributed by atoms with Crippen molar-refractivity contribution in [2.24, 2.45) is 0 Å². The third-order valence-corrected chi connectivity index (χ3v) is 1.72. The van der Waals surface area contributed by atoms with Gasteiger partial charge < -0.3 is 13.6 Å². The van der Waals surface area contributed by atoms with Gasteiger partial charge in [0.2, 0.25) is 0 Å². The van der Waals surface area contributed by atoms with E-state index in [0.717, 1.165) is 6.26 Å². The molecule has 1 aromatic heterocycles. The molecule has 0 aliphatic carbocycles. The molecule has 0 radical (unpaired) electrons. The Bertz CT molecular complexity index is 405. The highest BCUT2D eigenvalue weighted by atomic mass is 19.4. The first kappa shape index (κ1) is 13.7. The Hall–Kier alpha value is -1.38. The topological polar surface area (TPSA) is 52.6 Å². The summed E-state index contributed by atoms with van der Waals surface area (Å²) >= 11 is 0. The highest BCUT2D eigenvalue weighted by Gasteiger charge is 2.56. The average molecular weight is 262 g/mol. The smallest absolute Gasteiger partial charge is 0.399 e. The lowest BCUT2D eigenvalue weighted by Gasteiger charge is -2.18. The molecule has 0 bridgehead atoms. The molecule has 0 saturated carbocycles. The van der Waals surface area contributed by atoms with Crippen LogP contribution in [0.15, 0.2) is 19.9 Å². The van der Waals surface area contributed by atoms with Gasteiger partial charge in [-0.3, -0.25) is 0 Å². The SMILES string of the molecule is O=c1occ(COCCC(F)(F)C(F)(F)F)o1. The van der Waals surface area contributed by atoms with Gasteiger partial charge in [-0.1, -0.05) is 0 Å². The molecule has 0 aromatic carbocycles. The van der Waals surface area contributed by atoms with Gasteiger partial charge in [-0.2, -0.15) is 22.0 Å². The van der Waals surface area contributed by atoms with E-state index in [-0.39, 0.29) is 5.76 Å². The van der Waals surface area contributed by atoms with Gasteiger partial charge in [0.05, 0.1) is 6.61 Å². The molecule has 0 atom stereocenters. The molecule has 0 N–H and O–H groups in total. The van der Waals surface area contributed by atoms with Crippen molar-refractivity contribution in [3.05, 3.63) is 22.6 Å². The first-order valence-electron chi connectivity index (χ1n) is 4.32. The summed E-state index contributed by atoms with van der Waals surface area (Å²) in [5, 5.41) is 0. The Morgan fingerprint density at radius 3 is 2.35 bits per heavy atom. The first-order chi connectivity index (χ1) is 7.72.